The topological polar surface area (TPSA) is 98.3 Å². The Morgan fingerprint density at radius 3 is 3.11 bits per heavy atom. The van der Waals surface area contributed by atoms with Crippen LogP contribution in [0.4, 0.5) is 0 Å². The van der Waals surface area contributed by atoms with Crippen LogP contribution < -0.4 is 5.32 Å². The van der Waals surface area contributed by atoms with Gasteiger partial charge in [0, 0.05) is 6.42 Å². The Labute approximate surface area is 104 Å². The molecule has 7 heteroatoms. The molecule has 1 unspecified atom stereocenters. The van der Waals surface area contributed by atoms with Gasteiger partial charge in [-0.2, -0.15) is 0 Å². The summed E-state index contributed by atoms with van der Waals surface area (Å²) in [5.74, 6) is -1.20. The normalized spacial score (nSPS) is 18.5. The van der Waals surface area contributed by atoms with E-state index < -0.39 is 12.0 Å². The number of nitrogens with zero attached hydrogens (tertiary/aromatic N) is 2. The van der Waals surface area contributed by atoms with Gasteiger partial charge in [-0.25, -0.2) is 9.78 Å². The number of carboxylic acid groups (broad SMARTS) is 1. The van der Waals surface area contributed by atoms with E-state index in [1.807, 2.05) is 6.92 Å². The molecule has 7 nitrogen and oxygen atoms in total. The zero-order valence-corrected chi connectivity index (χ0v) is 10.1. The minimum atomic E-state index is -0.992. The van der Waals surface area contributed by atoms with Gasteiger partial charge in [0.25, 0.3) is 0 Å². The SMILES string of the molecule is CCNCC(=O)N1Cc2[nH]cnc2CC1C(=O)O. The summed E-state index contributed by atoms with van der Waals surface area (Å²) in [6.07, 6.45) is 1.79. The van der Waals surface area contributed by atoms with Gasteiger partial charge >= 0.3 is 5.97 Å². The number of nitrogens with one attached hydrogen (secondary N) is 2. The van der Waals surface area contributed by atoms with Gasteiger partial charge in [0.1, 0.15) is 6.04 Å². The highest BCUT2D eigenvalue weighted by molar-refractivity contribution is 5.85. The summed E-state index contributed by atoms with van der Waals surface area (Å²) in [7, 11) is 0. The average Bonchev–Trinajstić information content (AvgIpc) is 2.81. The Morgan fingerprint density at radius 2 is 2.44 bits per heavy atom. The van der Waals surface area contributed by atoms with E-state index in [1.54, 1.807) is 0 Å². The molecule has 2 heterocycles. The molecule has 0 bridgehead atoms. The monoisotopic (exact) mass is 252 g/mol. The van der Waals surface area contributed by atoms with Gasteiger partial charge in [-0.3, -0.25) is 4.79 Å². The third-order valence-corrected chi connectivity index (χ3v) is 3.03. The molecule has 1 aromatic heterocycles. The smallest absolute Gasteiger partial charge is 0.326 e. The highest BCUT2D eigenvalue weighted by atomic mass is 16.4. The van der Waals surface area contributed by atoms with E-state index in [9.17, 15) is 14.7 Å². The first kappa shape index (κ1) is 12.6. The van der Waals surface area contributed by atoms with Crippen molar-refractivity contribution in [1.82, 2.24) is 20.2 Å². The lowest BCUT2D eigenvalue weighted by Gasteiger charge is -2.32. The second-order valence-electron chi connectivity index (χ2n) is 4.19. The van der Waals surface area contributed by atoms with Gasteiger partial charge in [-0.05, 0) is 6.54 Å². The predicted molar refractivity (Wildman–Crippen MR) is 62.8 cm³/mol. The minimum Gasteiger partial charge on any atom is -0.480 e. The van der Waals surface area contributed by atoms with Crippen LogP contribution in [0.2, 0.25) is 0 Å². The Hall–Kier alpha value is -1.89. The van der Waals surface area contributed by atoms with Crippen LogP contribution >= 0.6 is 0 Å². The quantitative estimate of drug-likeness (QED) is 0.662. The molecule has 1 atom stereocenters. The lowest BCUT2D eigenvalue weighted by Crippen LogP contribution is -2.51. The molecule has 1 aliphatic rings. The first-order valence-corrected chi connectivity index (χ1v) is 5.87. The maximum atomic E-state index is 12.0. The number of H-pyrrole nitrogens is 1. The number of carbonyl (C=O) groups excluding carboxylic acids is 1. The van der Waals surface area contributed by atoms with Crippen LogP contribution in [0.1, 0.15) is 18.3 Å². The summed E-state index contributed by atoms with van der Waals surface area (Å²) in [6.45, 7) is 3.00. The van der Waals surface area contributed by atoms with Crippen LogP contribution in [-0.2, 0) is 22.6 Å². The molecule has 0 aliphatic carbocycles. The summed E-state index contributed by atoms with van der Waals surface area (Å²) in [6, 6.07) is -0.827. The van der Waals surface area contributed by atoms with E-state index in [2.05, 4.69) is 15.3 Å². The molecule has 2 rings (SSSR count). The van der Waals surface area contributed by atoms with Gasteiger partial charge in [0.15, 0.2) is 0 Å². The fraction of sp³-hybridized carbons (Fsp3) is 0.545. The van der Waals surface area contributed by atoms with E-state index >= 15 is 0 Å². The summed E-state index contributed by atoms with van der Waals surface area (Å²) in [5, 5.41) is 12.1. The van der Waals surface area contributed by atoms with Crippen LogP contribution in [-0.4, -0.2) is 51.0 Å². The summed E-state index contributed by atoms with van der Waals surface area (Å²) in [5.41, 5.74) is 1.55. The molecule has 18 heavy (non-hydrogen) atoms. The van der Waals surface area contributed by atoms with Crippen molar-refractivity contribution in [2.75, 3.05) is 13.1 Å². The van der Waals surface area contributed by atoms with Crippen LogP contribution in [0.3, 0.4) is 0 Å². The molecule has 1 amide bonds. The molecule has 0 aromatic carbocycles. The zero-order valence-electron chi connectivity index (χ0n) is 10.1. The average molecular weight is 252 g/mol. The number of carboxylic acids is 1. The molecule has 0 radical (unpaired) electrons. The third kappa shape index (κ3) is 2.35. The number of rotatable bonds is 4. The van der Waals surface area contributed by atoms with Gasteiger partial charge < -0.3 is 20.3 Å². The van der Waals surface area contributed by atoms with Crippen LogP contribution in [0.25, 0.3) is 0 Å². The molecule has 3 N–H and O–H groups in total. The fourth-order valence-corrected chi connectivity index (χ4v) is 2.05. The second-order valence-corrected chi connectivity index (χ2v) is 4.19. The van der Waals surface area contributed by atoms with Crippen molar-refractivity contribution in [2.45, 2.75) is 25.9 Å². The van der Waals surface area contributed by atoms with Gasteiger partial charge in [0.2, 0.25) is 5.91 Å². The molecule has 0 saturated carbocycles. The third-order valence-electron chi connectivity index (χ3n) is 3.03. The summed E-state index contributed by atoms with van der Waals surface area (Å²) >= 11 is 0. The molecule has 0 spiro atoms. The minimum absolute atomic E-state index is 0.156. The molecule has 1 aliphatic heterocycles. The number of aliphatic carboxylic acids is 1. The van der Waals surface area contributed by atoms with Gasteiger partial charge in [-0.1, -0.05) is 6.92 Å². The van der Waals surface area contributed by atoms with E-state index in [4.69, 9.17) is 0 Å². The van der Waals surface area contributed by atoms with Crippen molar-refractivity contribution in [2.24, 2.45) is 0 Å². The molecule has 1 aromatic rings. The second kappa shape index (κ2) is 5.18. The largest absolute Gasteiger partial charge is 0.480 e. The van der Waals surface area contributed by atoms with Crippen molar-refractivity contribution >= 4 is 11.9 Å². The van der Waals surface area contributed by atoms with Gasteiger partial charge in [-0.15, -0.1) is 0 Å². The highest BCUT2D eigenvalue weighted by Crippen LogP contribution is 2.20. The van der Waals surface area contributed by atoms with Crippen molar-refractivity contribution in [3.63, 3.8) is 0 Å². The zero-order chi connectivity index (χ0) is 13.1. The van der Waals surface area contributed by atoms with Crippen LogP contribution in [0, 0.1) is 0 Å². The van der Waals surface area contributed by atoms with Crippen molar-refractivity contribution in [3.8, 4) is 0 Å². The fourth-order valence-electron chi connectivity index (χ4n) is 2.05. The van der Waals surface area contributed by atoms with E-state index in [1.165, 1.54) is 11.2 Å². The lowest BCUT2D eigenvalue weighted by molar-refractivity contribution is -0.151. The summed E-state index contributed by atoms with van der Waals surface area (Å²) in [4.78, 5) is 31.6. The molecule has 98 valence electrons. The Balaban J connectivity index is 2.17. The standard InChI is InChI=1S/C11H16N4O3/c1-2-12-4-10(16)15-5-8-7(13-6-14-8)3-9(15)11(17)18/h6,9,12H,2-5H2,1H3,(H,13,14)(H,17,18). The van der Waals surface area contributed by atoms with E-state index in [0.717, 1.165) is 11.4 Å². The number of fused-ring (bicyclic) bond motifs is 1. The Bertz CT molecular complexity index is 457. The summed E-state index contributed by atoms with van der Waals surface area (Å²) < 4.78 is 0. The van der Waals surface area contributed by atoms with Crippen molar-refractivity contribution in [3.05, 3.63) is 17.7 Å². The van der Waals surface area contributed by atoms with Crippen LogP contribution in [0.15, 0.2) is 6.33 Å². The van der Waals surface area contributed by atoms with Crippen LogP contribution in [0.5, 0.6) is 0 Å². The van der Waals surface area contributed by atoms with Crippen molar-refractivity contribution < 1.29 is 14.7 Å². The number of hydrogen-bond acceptors (Lipinski definition) is 4. The predicted octanol–water partition coefficient (Wildman–Crippen LogP) is -0.643. The number of hydrogen-bond donors (Lipinski definition) is 3. The Morgan fingerprint density at radius 1 is 1.67 bits per heavy atom. The number of aromatic nitrogens is 2. The van der Waals surface area contributed by atoms with Gasteiger partial charge in [0.05, 0.1) is 30.8 Å². The van der Waals surface area contributed by atoms with E-state index in [-0.39, 0.29) is 25.4 Å². The maximum Gasteiger partial charge on any atom is 0.326 e. The molecular formula is C11H16N4O3. The first-order valence-electron chi connectivity index (χ1n) is 5.87. The molecule has 0 saturated heterocycles. The number of imidazole rings is 1. The first-order chi connectivity index (χ1) is 8.63. The number of aromatic amines is 1. The highest BCUT2D eigenvalue weighted by Gasteiger charge is 2.35. The van der Waals surface area contributed by atoms with E-state index in [0.29, 0.717) is 6.54 Å². The molecule has 0 fully saturated rings. The maximum absolute atomic E-state index is 12.0. The number of amides is 1. The number of carbonyl (C=O) groups is 2. The molecular weight excluding hydrogens is 236 g/mol. The number of likely N-dealkylation sites (N-methyl/N-ethyl adjacent to an activating group) is 1. The van der Waals surface area contributed by atoms with Crippen molar-refractivity contribution in [1.29, 1.82) is 0 Å². The Kier molecular flexibility index (Phi) is 3.61. The lowest BCUT2D eigenvalue weighted by atomic mass is 10.0.